The van der Waals surface area contributed by atoms with Crippen LogP contribution < -0.4 is 0 Å². The molecule has 2 atom stereocenters. The van der Waals surface area contributed by atoms with Crippen LogP contribution in [0.3, 0.4) is 0 Å². The predicted molar refractivity (Wildman–Crippen MR) is 73.9 cm³/mol. The van der Waals surface area contributed by atoms with E-state index in [2.05, 4.69) is 0 Å². The lowest BCUT2D eigenvalue weighted by Gasteiger charge is -2.29. The minimum atomic E-state index is -1.25. The van der Waals surface area contributed by atoms with Crippen molar-refractivity contribution in [3.8, 4) is 0 Å². The summed E-state index contributed by atoms with van der Waals surface area (Å²) in [4.78, 5) is 24.6. The number of allylic oxidation sites excluding steroid dienone is 1. The second-order valence-corrected chi connectivity index (χ2v) is 5.04. The summed E-state index contributed by atoms with van der Waals surface area (Å²) in [6.45, 7) is 5.51. The fourth-order valence-corrected chi connectivity index (χ4v) is 2.70. The van der Waals surface area contributed by atoms with Crippen LogP contribution in [0.2, 0.25) is 0 Å². The Bertz CT molecular complexity index is 354. The van der Waals surface area contributed by atoms with Crippen LogP contribution in [-0.4, -0.2) is 36.4 Å². The molecule has 0 spiro atoms. The summed E-state index contributed by atoms with van der Waals surface area (Å²) in [6.07, 6.45) is 4.62. The summed E-state index contributed by atoms with van der Waals surface area (Å²) < 4.78 is 10.2. The topological polar surface area (TPSA) is 72.8 Å². The Morgan fingerprint density at radius 1 is 1.30 bits per heavy atom. The number of hydrogen-bond acceptors (Lipinski definition) is 5. The van der Waals surface area contributed by atoms with Crippen LogP contribution in [-0.2, 0) is 19.1 Å². The summed E-state index contributed by atoms with van der Waals surface area (Å²) >= 11 is 0. The molecule has 0 aromatic heterocycles. The number of ether oxygens (including phenoxy) is 2. The summed E-state index contributed by atoms with van der Waals surface area (Å²) in [6, 6.07) is 0. The van der Waals surface area contributed by atoms with Gasteiger partial charge in [-0.1, -0.05) is 18.6 Å². The molecule has 0 unspecified atom stereocenters. The zero-order chi connectivity index (χ0) is 15.2. The Balaban J connectivity index is 3.07. The fraction of sp³-hybridized carbons (Fsp3) is 0.733. The fourth-order valence-electron chi connectivity index (χ4n) is 2.70. The summed E-state index contributed by atoms with van der Waals surface area (Å²) in [7, 11) is 0. The maximum Gasteiger partial charge on any atom is 0.324 e. The predicted octanol–water partition coefficient (Wildman–Crippen LogP) is 1.84. The smallest absolute Gasteiger partial charge is 0.324 e. The highest BCUT2D eigenvalue weighted by molar-refractivity contribution is 6.01. The molecule has 0 aromatic rings. The van der Waals surface area contributed by atoms with Crippen LogP contribution >= 0.6 is 0 Å². The number of aliphatic hydroxyl groups excluding tert-OH is 1. The maximum absolute atomic E-state index is 12.3. The lowest BCUT2D eigenvalue weighted by molar-refractivity contribution is -0.173. The Kier molecular flexibility index (Phi) is 6.20. The molecule has 1 aliphatic carbocycles. The van der Waals surface area contributed by atoms with E-state index >= 15 is 0 Å². The van der Waals surface area contributed by atoms with Crippen molar-refractivity contribution in [3.63, 3.8) is 0 Å². The maximum atomic E-state index is 12.3. The van der Waals surface area contributed by atoms with Gasteiger partial charge in [0.1, 0.15) is 0 Å². The molecule has 114 valence electrons. The minimum Gasteiger partial charge on any atom is -0.465 e. The molecule has 1 rings (SSSR count). The zero-order valence-corrected chi connectivity index (χ0v) is 12.4. The Labute approximate surface area is 119 Å². The van der Waals surface area contributed by atoms with E-state index in [0.29, 0.717) is 12.8 Å². The second-order valence-electron chi connectivity index (χ2n) is 5.04. The van der Waals surface area contributed by atoms with Crippen molar-refractivity contribution in [2.45, 2.75) is 46.1 Å². The van der Waals surface area contributed by atoms with E-state index in [-0.39, 0.29) is 19.1 Å². The van der Waals surface area contributed by atoms with Gasteiger partial charge in [-0.15, -0.1) is 0 Å². The normalized spacial score (nSPS) is 22.7. The van der Waals surface area contributed by atoms with Gasteiger partial charge in [-0.3, -0.25) is 9.59 Å². The van der Waals surface area contributed by atoms with E-state index in [1.807, 2.05) is 0 Å². The van der Waals surface area contributed by atoms with Crippen LogP contribution in [0, 0.1) is 11.3 Å². The molecular weight excluding hydrogens is 260 g/mol. The monoisotopic (exact) mass is 284 g/mol. The highest BCUT2D eigenvalue weighted by atomic mass is 16.6. The molecule has 1 N–H and O–H groups in total. The third-order valence-electron chi connectivity index (χ3n) is 3.62. The average Bonchev–Trinajstić information content (AvgIpc) is 2.81. The molecule has 0 aromatic carbocycles. The summed E-state index contributed by atoms with van der Waals surface area (Å²) in [5.41, 5.74) is -1.25. The van der Waals surface area contributed by atoms with Crippen molar-refractivity contribution in [2.75, 3.05) is 13.2 Å². The molecule has 1 aliphatic rings. The van der Waals surface area contributed by atoms with E-state index in [1.54, 1.807) is 32.9 Å². The highest BCUT2D eigenvalue weighted by Crippen LogP contribution is 2.46. The third-order valence-corrected chi connectivity index (χ3v) is 3.62. The molecule has 0 radical (unpaired) electrons. The van der Waals surface area contributed by atoms with Gasteiger partial charge in [-0.25, -0.2) is 0 Å². The molecule has 0 bridgehead atoms. The van der Waals surface area contributed by atoms with E-state index in [9.17, 15) is 14.7 Å². The molecular formula is C15H24O5. The van der Waals surface area contributed by atoms with E-state index in [4.69, 9.17) is 9.47 Å². The molecule has 5 heteroatoms. The quantitative estimate of drug-likeness (QED) is 0.458. The van der Waals surface area contributed by atoms with E-state index in [1.165, 1.54) is 0 Å². The molecule has 5 nitrogen and oxygen atoms in total. The van der Waals surface area contributed by atoms with Crippen LogP contribution in [0.4, 0.5) is 0 Å². The first-order valence-electron chi connectivity index (χ1n) is 7.19. The zero-order valence-electron chi connectivity index (χ0n) is 12.4. The Morgan fingerprint density at radius 3 is 2.30 bits per heavy atom. The van der Waals surface area contributed by atoms with Gasteiger partial charge in [-0.05, 0) is 33.6 Å². The molecule has 0 aliphatic heterocycles. The lowest BCUT2D eigenvalue weighted by atomic mass is 9.77. The van der Waals surface area contributed by atoms with Crippen LogP contribution in [0.1, 0.15) is 40.0 Å². The Hall–Kier alpha value is -1.36. The minimum absolute atomic E-state index is 0.229. The van der Waals surface area contributed by atoms with E-state index in [0.717, 1.165) is 6.42 Å². The number of aliphatic hydroxyl groups is 1. The lowest BCUT2D eigenvalue weighted by Crippen LogP contribution is -2.44. The number of carbonyl (C=O) groups excluding carboxylic acids is 2. The van der Waals surface area contributed by atoms with Crippen molar-refractivity contribution >= 4 is 11.9 Å². The number of carbonyl (C=O) groups is 2. The van der Waals surface area contributed by atoms with Crippen molar-refractivity contribution in [1.29, 1.82) is 0 Å². The first-order chi connectivity index (χ1) is 9.48. The molecule has 0 saturated heterocycles. The highest BCUT2D eigenvalue weighted by Gasteiger charge is 2.56. The second kappa shape index (κ2) is 7.43. The van der Waals surface area contributed by atoms with Crippen LogP contribution in [0.5, 0.6) is 0 Å². The number of esters is 2. The van der Waals surface area contributed by atoms with Crippen molar-refractivity contribution in [2.24, 2.45) is 11.3 Å². The standard InChI is InChI=1S/C15H24O5/c1-4-19-13(17)15(14(18)20-5-2)10-6-7-12(15)9-8-11(3)16/h8-9,11-12,16H,4-7,10H2,1-3H3/b9-8+/t11-,12-/m1/s1. The molecule has 0 heterocycles. The summed E-state index contributed by atoms with van der Waals surface area (Å²) in [5, 5.41) is 9.35. The Morgan fingerprint density at radius 2 is 1.85 bits per heavy atom. The van der Waals surface area contributed by atoms with E-state index < -0.39 is 23.5 Å². The van der Waals surface area contributed by atoms with Gasteiger partial charge in [0.15, 0.2) is 5.41 Å². The van der Waals surface area contributed by atoms with Gasteiger partial charge in [0.2, 0.25) is 0 Å². The molecule has 20 heavy (non-hydrogen) atoms. The molecule has 0 amide bonds. The van der Waals surface area contributed by atoms with Gasteiger partial charge in [0, 0.05) is 5.92 Å². The van der Waals surface area contributed by atoms with Crippen molar-refractivity contribution < 1.29 is 24.2 Å². The van der Waals surface area contributed by atoms with Crippen molar-refractivity contribution in [1.82, 2.24) is 0 Å². The first-order valence-corrected chi connectivity index (χ1v) is 7.19. The largest absolute Gasteiger partial charge is 0.465 e. The average molecular weight is 284 g/mol. The van der Waals surface area contributed by atoms with Crippen LogP contribution in [0.25, 0.3) is 0 Å². The van der Waals surface area contributed by atoms with Crippen LogP contribution in [0.15, 0.2) is 12.2 Å². The number of hydrogen-bond donors (Lipinski definition) is 1. The van der Waals surface area contributed by atoms with Crippen molar-refractivity contribution in [3.05, 3.63) is 12.2 Å². The molecule has 1 fully saturated rings. The van der Waals surface area contributed by atoms with Gasteiger partial charge in [-0.2, -0.15) is 0 Å². The first kappa shape index (κ1) is 16.7. The summed E-state index contributed by atoms with van der Waals surface area (Å²) in [5.74, 6) is -1.32. The van der Waals surface area contributed by atoms with Gasteiger partial charge in [0.05, 0.1) is 19.3 Å². The van der Waals surface area contributed by atoms with Gasteiger partial charge < -0.3 is 14.6 Å². The molecule has 1 saturated carbocycles. The van der Waals surface area contributed by atoms with Gasteiger partial charge >= 0.3 is 11.9 Å². The SMILES string of the molecule is CCOC(=O)C1(C(=O)OCC)CCC[C@@H]1/C=C/[C@@H](C)O. The number of rotatable bonds is 6. The third kappa shape index (κ3) is 3.39. The van der Waals surface area contributed by atoms with Gasteiger partial charge in [0.25, 0.3) is 0 Å².